The Labute approximate surface area is 368 Å². The Kier molecular flexibility index (Phi) is 17.4. The van der Waals surface area contributed by atoms with E-state index >= 15 is 0 Å². The van der Waals surface area contributed by atoms with Crippen molar-refractivity contribution in [3.8, 4) is 11.5 Å². The summed E-state index contributed by atoms with van der Waals surface area (Å²) in [5.41, 5.74) is -0.162. The molecule has 0 spiro atoms. The topological polar surface area (TPSA) is 191 Å². The third-order valence-electron chi connectivity index (χ3n) is 11.1. The van der Waals surface area contributed by atoms with Crippen molar-refractivity contribution in [1.82, 2.24) is 14.5 Å². The summed E-state index contributed by atoms with van der Waals surface area (Å²) in [5.74, 6) is 0.593. The fourth-order valence-electron chi connectivity index (χ4n) is 7.42. The molecule has 1 amide bonds. The highest BCUT2D eigenvalue weighted by molar-refractivity contribution is 7.53. The average molecular weight is 887 g/mol. The SMILES string of the molecule is CCCCOC1[C@H](n2ccc(NC(=O)c3ccccc3)nc2=O)O[C@H](COC(c2ccccc2)(c2ccc(OC)cc2)c2ccc(OC)cc2)C1(O)P(=O)(O)O.CCN(CC)CC. The van der Waals surface area contributed by atoms with Crippen LogP contribution in [0.15, 0.2) is 126 Å². The molecule has 16 heteroatoms. The van der Waals surface area contributed by atoms with Gasteiger partial charge in [0.05, 0.1) is 20.8 Å². The van der Waals surface area contributed by atoms with Gasteiger partial charge in [0, 0.05) is 18.4 Å². The van der Waals surface area contributed by atoms with E-state index in [-0.39, 0.29) is 12.4 Å². The molecule has 4 aromatic carbocycles. The van der Waals surface area contributed by atoms with Crippen molar-refractivity contribution in [2.24, 2.45) is 0 Å². The molecular weight excluding hydrogens is 828 g/mol. The van der Waals surface area contributed by atoms with Gasteiger partial charge in [-0.15, -0.1) is 0 Å². The maximum absolute atomic E-state index is 13.6. The van der Waals surface area contributed by atoms with Gasteiger partial charge in [-0.25, -0.2) is 4.79 Å². The van der Waals surface area contributed by atoms with Gasteiger partial charge in [0.2, 0.25) is 5.34 Å². The van der Waals surface area contributed by atoms with Crippen molar-refractivity contribution in [2.75, 3.05) is 52.4 Å². The second kappa shape index (κ2) is 22.4. The molecule has 2 unspecified atom stereocenters. The highest BCUT2D eigenvalue weighted by atomic mass is 31.2. The summed E-state index contributed by atoms with van der Waals surface area (Å²) in [6.45, 7) is 11.4. The van der Waals surface area contributed by atoms with Gasteiger partial charge in [0.1, 0.15) is 35.1 Å². The van der Waals surface area contributed by atoms with Gasteiger partial charge in [-0.1, -0.05) is 107 Å². The number of aromatic nitrogens is 2. The van der Waals surface area contributed by atoms with Crippen LogP contribution in [0, 0.1) is 0 Å². The van der Waals surface area contributed by atoms with Crippen molar-refractivity contribution in [1.29, 1.82) is 0 Å². The second-order valence-corrected chi connectivity index (χ2v) is 16.5. The van der Waals surface area contributed by atoms with Crippen molar-refractivity contribution in [3.63, 3.8) is 0 Å². The summed E-state index contributed by atoms with van der Waals surface area (Å²) in [6, 6.07) is 33.2. The van der Waals surface area contributed by atoms with Gasteiger partial charge in [-0.2, -0.15) is 4.98 Å². The highest BCUT2D eigenvalue weighted by Crippen LogP contribution is 2.60. The number of hydrogen-bond donors (Lipinski definition) is 4. The van der Waals surface area contributed by atoms with E-state index in [2.05, 4.69) is 36.0 Å². The van der Waals surface area contributed by atoms with Crippen LogP contribution < -0.4 is 20.5 Å². The van der Waals surface area contributed by atoms with E-state index in [0.717, 1.165) is 4.57 Å². The average Bonchev–Trinajstić information content (AvgIpc) is 3.60. The summed E-state index contributed by atoms with van der Waals surface area (Å²) in [7, 11) is -2.45. The van der Waals surface area contributed by atoms with Crippen molar-refractivity contribution < 1.29 is 47.9 Å². The molecule has 0 bridgehead atoms. The first-order chi connectivity index (χ1) is 30.3. The first-order valence-electron chi connectivity index (χ1n) is 21.0. The number of ether oxygens (including phenoxy) is 5. The number of nitrogens with zero attached hydrogens (tertiary/aromatic N) is 3. The minimum absolute atomic E-state index is 0.0179. The zero-order valence-corrected chi connectivity index (χ0v) is 37.5. The van der Waals surface area contributed by atoms with Crippen LogP contribution in [-0.2, 0) is 24.4 Å². The smallest absolute Gasteiger partial charge is 0.362 e. The van der Waals surface area contributed by atoms with Crippen LogP contribution in [0.1, 0.15) is 73.8 Å². The quantitative estimate of drug-likeness (QED) is 0.0384. The number of unbranched alkanes of at least 4 members (excludes halogenated alkanes) is 1. The molecule has 4 N–H and O–H groups in total. The summed E-state index contributed by atoms with van der Waals surface area (Å²) in [6.07, 6.45) is -2.71. The molecule has 0 aliphatic carbocycles. The maximum atomic E-state index is 13.6. The van der Waals surface area contributed by atoms with Gasteiger partial charge in [0.25, 0.3) is 5.91 Å². The van der Waals surface area contributed by atoms with Crippen LogP contribution in [-0.4, -0.2) is 99.9 Å². The maximum Gasteiger partial charge on any atom is 0.362 e. The number of rotatable bonds is 19. The first kappa shape index (κ1) is 48.8. The standard InChI is InChI=1S/C41H44N3O11P.C6H15N/c1-4-5-26-53-36-38(44-25-24-35(43-39(44)46)42-37(45)28-12-8-6-9-13-28)55-34(41(36,47)56(48,49)50)27-54-40(29-14-10-7-11-15-29,30-16-20-32(51-2)21-17-30)31-18-22-33(52-3)23-19-31;1-4-7(5-2)6-3/h6-25,34,36,38,47H,4-5,26-27H2,1-3H3,(H2,48,49,50)(H,42,43,45,46);4-6H2,1-3H3/t34-,36?,38-,41?;/m1./s1. The number of methoxy groups -OCH3 is 2. The second-order valence-electron chi connectivity index (χ2n) is 14.7. The van der Waals surface area contributed by atoms with E-state index in [1.165, 1.54) is 31.9 Å². The van der Waals surface area contributed by atoms with Crippen LogP contribution in [0.5, 0.6) is 11.5 Å². The van der Waals surface area contributed by atoms with Gasteiger partial charge in [-0.05, 0) is 85.2 Å². The molecule has 15 nitrogen and oxygen atoms in total. The number of hydrogen-bond acceptors (Lipinski definition) is 11. The fraction of sp³-hybridized carbons (Fsp3) is 0.383. The van der Waals surface area contributed by atoms with Crippen LogP contribution in [0.3, 0.4) is 0 Å². The van der Waals surface area contributed by atoms with E-state index in [9.17, 15) is 29.0 Å². The van der Waals surface area contributed by atoms with Crippen LogP contribution >= 0.6 is 7.60 Å². The van der Waals surface area contributed by atoms with E-state index in [1.54, 1.807) is 68.8 Å². The third kappa shape index (κ3) is 11.1. The number of anilines is 1. The predicted octanol–water partition coefficient (Wildman–Crippen LogP) is 6.82. The van der Waals surface area contributed by atoms with E-state index in [4.69, 9.17) is 23.7 Å². The summed E-state index contributed by atoms with van der Waals surface area (Å²) < 4.78 is 44.5. The van der Waals surface area contributed by atoms with Gasteiger partial charge in [-0.3, -0.25) is 13.9 Å². The lowest BCUT2D eigenvalue weighted by molar-refractivity contribution is -0.106. The number of carbonyl (C=O) groups is 1. The predicted molar refractivity (Wildman–Crippen MR) is 240 cm³/mol. The van der Waals surface area contributed by atoms with Crippen LogP contribution in [0.2, 0.25) is 0 Å². The van der Waals surface area contributed by atoms with Crippen molar-refractivity contribution in [3.05, 3.63) is 154 Å². The Morgan fingerprint density at radius 1 is 0.825 bits per heavy atom. The van der Waals surface area contributed by atoms with E-state index in [1.807, 2.05) is 61.5 Å². The molecule has 0 radical (unpaired) electrons. The van der Waals surface area contributed by atoms with Gasteiger partial charge >= 0.3 is 13.3 Å². The molecule has 338 valence electrons. The number of carbonyl (C=O) groups excluding carboxylic acids is 1. The molecule has 1 aliphatic heterocycles. The first-order valence-corrected chi connectivity index (χ1v) is 22.6. The zero-order valence-electron chi connectivity index (χ0n) is 36.6. The zero-order chi connectivity index (χ0) is 45.6. The lowest BCUT2D eigenvalue weighted by Crippen LogP contribution is -2.51. The van der Waals surface area contributed by atoms with Crippen LogP contribution in [0.4, 0.5) is 5.82 Å². The molecule has 4 atom stereocenters. The molecule has 1 aliphatic rings. The molecule has 63 heavy (non-hydrogen) atoms. The van der Waals surface area contributed by atoms with Crippen LogP contribution in [0.25, 0.3) is 0 Å². The summed E-state index contributed by atoms with van der Waals surface area (Å²) >= 11 is 0. The molecule has 5 aromatic rings. The monoisotopic (exact) mass is 886 g/mol. The normalized spacial score (nSPS) is 18.7. The summed E-state index contributed by atoms with van der Waals surface area (Å²) in [4.78, 5) is 54.6. The Hall–Kier alpha value is -5.22. The number of benzene rings is 4. The lowest BCUT2D eigenvalue weighted by atomic mass is 9.80. The van der Waals surface area contributed by atoms with E-state index < -0.39 is 55.2 Å². The minimum atomic E-state index is -5.54. The number of aliphatic hydroxyl groups is 1. The Balaban J connectivity index is 0.000000985. The molecule has 0 saturated carbocycles. The molecule has 2 heterocycles. The number of amides is 1. The summed E-state index contributed by atoms with van der Waals surface area (Å²) in [5, 5.41) is 11.9. The molecule has 1 fully saturated rings. The Morgan fingerprint density at radius 3 is 1.81 bits per heavy atom. The Bertz CT molecular complexity index is 2240. The molecular formula is C47H59N4O11P. The van der Waals surface area contributed by atoms with E-state index in [0.29, 0.717) is 46.6 Å². The largest absolute Gasteiger partial charge is 0.497 e. The molecule has 6 rings (SSSR count). The lowest BCUT2D eigenvalue weighted by Gasteiger charge is -2.39. The third-order valence-corrected chi connectivity index (χ3v) is 12.5. The fourth-order valence-corrected chi connectivity index (χ4v) is 8.46. The molecule has 1 aromatic heterocycles. The van der Waals surface area contributed by atoms with Gasteiger partial charge in [0.15, 0.2) is 6.23 Å². The van der Waals surface area contributed by atoms with Gasteiger partial charge < -0.3 is 48.8 Å². The minimum Gasteiger partial charge on any atom is -0.497 e. The Morgan fingerprint density at radius 2 is 1.35 bits per heavy atom. The van der Waals surface area contributed by atoms with Crippen molar-refractivity contribution >= 4 is 19.3 Å². The highest BCUT2D eigenvalue weighted by Gasteiger charge is 2.67. The number of nitrogens with one attached hydrogen (secondary N) is 1. The van der Waals surface area contributed by atoms with Crippen molar-refractivity contribution in [2.45, 2.75) is 69.9 Å². The molecule has 1 saturated heterocycles.